The first kappa shape index (κ1) is 34.0. The van der Waals surface area contributed by atoms with Gasteiger partial charge in [0.25, 0.3) is 0 Å². The van der Waals surface area contributed by atoms with Gasteiger partial charge >= 0.3 is 0 Å². The lowest BCUT2D eigenvalue weighted by molar-refractivity contribution is 1.30. The van der Waals surface area contributed by atoms with Crippen molar-refractivity contribution < 1.29 is 0 Å². The van der Waals surface area contributed by atoms with Crippen molar-refractivity contribution in [2.75, 3.05) is 4.90 Å². The van der Waals surface area contributed by atoms with E-state index in [1.165, 1.54) is 86.2 Å². The molecule has 0 amide bonds. The highest BCUT2D eigenvalue weighted by atomic mass is 32.1. The van der Waals surface area contributed by atoms with Gasteiger partial charge in [-0.3, -0.25) is 0 Å². The van der Waals surface area contributed by atoms with E-state index in [1.807, 2.05) is 11.3 Å². The second kappa shape index (κ2) is 14.4. The van der Waals surface area contributed by atoms with Crippen molar-refractivity contribution in [1.82, 2.24) is 0 Å². The third kappa shape index (κ3) is 5.86. The first-order chi connectivity index (χ1) is 28.8. The molecule has 58 heavy (non-hydrogen) atoms. The first-order valence-corrected chi connectivity index (χ1v) is 20.7. The molecule has 0 fully saturated rings. The van der Waals surface area contributed by atoms with Crippen LogP contribution in [-0.2, 0) is 0 Å². The molecule has 0 bridgehead atoms. The third-order valence-electron chi connectivity index (χ3n) is 11.5. The van der Waals surface area contributed by atoms with Crippen molar-refractivity contribution in [3.8, 4) is 44.5 Å². The zero-order valence-corrected chi connectivity index (χ0v) is 32.5. The van der Waals surface area contributed by atoms with E-state index in [2.05, 4.69) is 229 Å². The lowest BCUT2D eigenvalue weighted by atomic mass is 9.95. The molecule has 0 N–H and O–H groups in total. The molecule has 11 rings (SSSR count). The van der Waals surface area contributed by atoms with Crippen LogP contribution in [0.1, 0.15) is 0 Å². The van der Waals surface area contributed by atoms with E-state index < -0.39 is 0 Å². The summed E-state index contributed by atoms with van der Waals surface area (Å²) in [6.07, 6.45) is 0. The van der Waals surface area contributed by atoms with Crippen LogP contribution in [-0.4, -0.2) is 0 Å². The summed E-state index contributed by atoms with van der Waals surface area (Å²) < 4.78 is 2.56. The average molecular weight is 756 g/mol. The average Bonchev–Trinajstić information content (AvgIpc) is 3.70. The number of rotatable bonds is 7. The minimum atomic E-state index is 1.11. The summed E-state index contributed by atoms with van der Waals surface area (Å²) >= 11 is 1.90. The van der Waals surface area contributed by atoms with Gasteiger partial charge in [-0.15, -0.1) is 11.3 Å². The standard InChI is InChI=1S/C56H37NS/c1-3-14-40(15-4-1)50-36-37-51(41-16-5-2-6-17-41)56-54(50)52-26-13-27-53(55(52)58-56)57(44-32-28-42(29-33-44)48-24-11-20-38-18-7-9-22-46(38)48)45-34-30-43(31-35-45)49-25-12-21-39-19-8-10-23-47(39)49/h1-37H. The largest absolute Gasteiger partial charge is 0.309 e. The van der Waals surface area contributed by atoms with E-state index in [0.717, 1.165) is 17.1 Å². The predicted molar refractivity (Wildman–Crippen MR) is 251 cm³/mol. The van der Waals surface area contributed by atoms with E-state index >= 15 is 0 Å². The second-order valence-electron chi connectivity index (χ2n) is 14.8. The maximum Gasteiger partial charge on any atom is 0.0640 e. The Hall–Kier alpha value is -7.26. The van der Waals surface area contributed by atoms with Crippen molar-refractivity contribution in [3.05, 3.63) is 224 Å². The van der Waals surface area contributed by atoms with Crippen molar-refractivity contribution in [1.29, 1.82) is 0 Å². The Bertz CT molecular complexity index is 3120. The van der Waals surface area contributed by atoms with Gasteiger partial charge in [-0.1, -0.05) is 194 Å². The minimum Gasteiger partial charge on any atom is -0.309 e. The molecule has 0 saturated heterocycles. The van der Waals surface area contributed by atoms with E-state index in [0.29, 0.717) is 0 Å². The lowest BCUT2D eigenvalue weighted by Crippen LogP contribution is -2.10. The van der Waals surface area contributed by atoms with E-state index in [9.17, 15) is 0 Å². The van der Waals surface area contributed by atoms with Gasteiger partial charge in [0.1, 0.15) is 0 Å². The summed E-state index contributed by atoms with van der Waals surface area (Å²) in [5, 5.41) is 7.58. The zero-order valence-electron chi connectivity index (χ0n) is 31.7. The quantitative estimate of drug-likeness (QED) is 0.157. The summed E-state index contributed by atoms with van der Waals surface area (Å²) in [6.45, 7) is 0. The number of fused-ring (bicyclic) bond motifs is 5. The van der Waals surface area contributed by atoms with Gasteiger partial charge in [0.05, 0.1) is 10.4 Å². The Balaban J connectivity index is 1.12. The Labute approximate surface area is 342 Å². The van der Waals surface area contributed by atoms with E-state index in [-0.39, 0.29) is 0 Å². The molecule has 0 radical (unpaired) electrons. The molecular weight excluding hydrogens is 719 g/mol. The van der Waals surface area contributed by atoms with Gasteiger partial charge < -0.3 is 4.90 Å². The molecule has 0 spiro atoms. The molecule has 10 aromatic carbocycles. The molecule has 0 aliphatic rings. The predicted octanol–water partition coefficient (Wildman–Crippen LogP) is 16.5. The SMILES string of the molecule is c1ccc(-c2ccc(-c3ccccc3)c3c2sc2c(N(c4ccc(-c5cccc6ccccc56)cc4)c4ccc(-c5cccc6ccccc56)cc4)cccc23)cc1. The lowest BCUT2D eigenvalue weighted by Gasteiger charge is -2.26. The van der Waals surface area contributed by atoms with Gasteiger partial charge in [0.15, 0.2) is 0 Å². The number of nitrogens with zero attached hydrogens (tertiary/aromatic N) is 1. The molecule has 2 heteroatoms. The molecule has 1 nitrogen and oxygen atoms in total. The molecule has 0 atom stereocenters. The fourth-order valence-electron chi connectivity index (χ4n) is 8.73. The van der Waals surface area contributed by atoms with Crippen molar-refractivity contribution in [3.63, 3.8) is 0 Å². The van der Waals surface area contributed by atoms with Gasteiger partial charge in [-0.05, 0) is 96.4 Å². The minimum absolute atomic E-state index is 1.11. The van der Waals surface area contributed by atoms with Crippen LogP contribution in [0.3, 0.4) is 0 Å². The molecule has 11 aromatic rings. The van der Waals surface area contributed by atoms with E-state index in [4.69, 9.17) is 0 Å². The van der Waals surface area contributed by atoms with E-state index in [1.54, 1.807) is 0 Å². The Morgan fingerprint density at radius 1 is 0.276 bits per heavy atom. The smallest absolute Gasteiger partial charge is 0.0640 e. The third-order valence-corrected chi connectivity index (χ3v) is 12.7. The van der Waals surface area contributed by atoms with Crippen LogP contribution in [0.15, 0.2) is 224 Å². The number of hydrogen-bond donors (Lipinski definition) is 0. The summed E-state index contributed by atoms with van der Waals surface area (Å²) in [6, 6.07) is 81.8. The van der Waals surface area contributed by atoms with Gasteiger partial charge in [-0.2, -0.15) is 0 Å². The zero-order chi connectivity index (χ0) is 38.4. The molecule has 0 aliphatic carbocycles. The molecule has 0 aliphatic heterocycles. The fourth-order valence-corrected chi connectivity index (χ4v) is 10.1. The Kier molecular flexibility index (Phi) is 8.42. The number of benzene rings is 10. The van der Waals surface area contributed by atoms with Gasteiger partial charge in [0.2, 0.25) is 0 Å². The monoisotopic (exact) mass is 755 g/mol. The molecular formula is C56H37NS. The number of hydrogen-bond acceptors (Lipinski definition) is 2. The molecule has 272 valence electrons. The van der Waals surface area contributed by atoms with Crippen LogP contribution in [0.2, 0.25) is 0 Å². The van der Waals surface area contributed by atoms with Crippen molar-refractivity contribution in [2.45, 2.75) is 0 Å². The van der Waals surface area contributed by atoms with Crippen LogP contribution < -0.4 is 4.90 Å². The van der Waals surface area contributed by atoms with Gasteiger partial charge in [-0.25, -0.2) is 0 Å². The number of thiophene rings is 1. The van der Waals surface area contributed by atoms with Crippen molar-refractivity contribution in [2.24, 2.45) is 0 Å². The summed E-state index contributed by atoms with van der Waals surface area (Å²) in [5.74, 6) is 0. The molecule has 1 aromatic heterocycles. The second-order valence-corrected chi connectivity index (χ2v) is 15.9. The Morgan fingerprint density at radius 3 is 1.28 bits per heavy atom. The molecule has 1 heterocycles. The normalized spacial score (nSPS) is 11.4. The first-order valence-electron chi connectivity index (χ1n) is 19.8. The van der Waals surface area contributed by atoms with Crippen LogP contribution in [0.25, 0.3) is 86.2 Å². The molecule has 0 saturated carbocycles. The van der Waals surface area contributed by atoms with Crippen LogP contribution in [0, 0.1) is 0 Å². The Morgan fingerprint density at radius 2 is 0.707 bits per heavy atom. The maximum absolute atomic E-state index is 2.45. The maximum atomic E-state index is 2.45. The van der Waals surface area contributed by atoms with Crippen LogP contribution in [0.5, 0.6) is 0 Å². The van der Waals surface area contributed by atoms with Gasteiger partial charge in [0, 0.05) is 26.8 Å². The summed E-state index contributed by atoms with van der Waals surface area (Å²) in [7, 11) is 0. The fraction of sp³-hybridized carbons (Fsp3) is 0. The summed E-state index contributed by atoms with van der Waals surface area (Å²) in [5.41, 5.74) is 13.2. The summed E-state index contributed by atoms with van der Waals surface area (Å²) in [4.78, 5) is 2.45. The van der Waals surface area contributed by atoms with Crippen molar-refractivity contribution >= 4 is 70.1 Å². The number of anilines is 3. The highest BCUT2D eigenvalue weighted by molar-refractivity contribution is 7.27. The topological polar surface area (TPSA) is 3.24 Å². The highest BCUT2D eigenvalue weighted by Gasteiger charge is 2.22. The van der Waals surface area contributed by atoms with Crippen LogP contribution in [0.4, 0.5) is 17.1 Å². The van der Waals surface area contributed by atoms with Crippen LogP contribution >= 0.6 is 11.3 Å². The highest BCUT2D eigenvalue weighted by Crippen LogP contribution is 2.50. The molecule has 0 unspecified atom stereocenters.